The Morgan fingerprint density at radius 3 is 2.35 bits per heavy atom. The van der Waals surface area contributed by atoms with Gasteiger partial charge in [0.2, 0.25) is 5.88 Å². The monoisotopic (exact) mass is 294 g/mol. The van der Waals surface area contributed by atoms with E-state index in [2.05, 4.69) is 5.10 Å². The standard InChI is InChI=1S/C13H14N2O4S/c1-9-4-6-11(7-5-9)20(17,18)19-13-12(8-16)10(2)14-15(13)3/h4-8H,1-3H3. The summed E-state index contributed by atoms with van der Waals surface area (Å²) in [6, 6.07) is 6.25. The molecule has 0 radical (unpaired) electrons. The van der Waals surface area contributed by atoms with Gasteiger partial charge in [0.25, 0.3) is 0 Å². The van der Waals surface area contributed by atoms with E-state index >= 15 is 0 Å². The molecule has 0 atom stereocenters. The second kappa shape index (κ2) is 5.09. The molecule has 0 aliphatic rings. The normalized spacial score (nSPS) is 11.3. The second-order valence-corrected chi connectivity index (χ2v) is 5.94. The van der Waals surface area contributed by atoms with Gasteiger partial charge in [-0.05, 0) is 26.0 Å². The van der Waals surface area contributed by atoms with E-state index in [4.69, 9.17) is 4.18 Å². The summed E-state index contributed by atoms with van der Waals surface area (Å²) in [6.45, 7) is 3.46. The van der Waals surface area contributed by atoms with E-state index in [0.29, 0.717) is 12.0 Å². The molecule has 0 aliphatic heterocycles. The molecule has 1 heterocycles. The summed E-state index contributed by atoms with van der Waals surface area (Å²) in [5, 5.41) is 3.97. The predicted octanol–water partition coefficient (Wildman–Crippen LogP) is 1.62. The summed E-state index contributed by atoms with van der Waals surface area (Å²) in [5.74, 6) is -0.0851. The number of carbonyl (C=O) groups is 1. The van der Waals surface area contributed by atoms with Crippen molar-refractivity contribution in [2.75, 3.05) is 0 Å². The molecular weight excluding hydrogens is 280 g/mol. The van der Waals surface area contributed by atoms with Crippen molar-refractivity contribution < 1.29 is 17.4 Å². The fraction of sp³-hybridized carbons (Fsp3) is 0.231. The van der Waals surface area contributed by atoms with E-state index in [1.165, 1.54) is 23.9 Å². The van der Waals surface area contributed by atoms with E-state index in [0.717, 1.165) is 5.56 Å². The van der Waals surface area contributed by atoms with E-state index in [9.17, 15) is 13.2 Å². The van der Waals surface area contributed by atoms with Gasteiger partial charge < -0.3 is 4.18 Å². The van der Waals surface area contributed by atoms with Crippen molar-refractivity contribution in [1.29, 1.82) is 0 Å². The van der Waals surface area contributed by atoms with E-state index < -0.39 is 10.1 Å². The molecule has 6 nitrogen and oxygen atoms in total. The fourth-order valence-corrected chi connectivity index (χ4v) is 2.72. The number of aldehydes is 1. The van der Waals surface area contributed by atoms with Gasteiger partial charge in [0.1, 0.15) is 10.5 Å². The summed E-state index contributed by atoms with van der Waals surface area (Å²) in [5.41, 5.74) is 1.48. The van der Waals surface area contributed by atoms with Crippen LogP contribution >= 0.6 is 0 Å². The minimum absolute atomic E-state index is 0.0267. The molecule has 7 heteroatoms. The SMILES string of the molecule is Cc1ccc(S(=O)(=O)Oc2c(C=O)c(C)nn2C)cc1. The number of nitrogens with zero attached hydrogens (tertiary/aromatic N) is 2. The van der Waals surface area contributed by atoms with Crippen molar-refractivity contribution in [3.05, 3.63) is 41.1 Å². The summed E-state index contributed by atoms with van der Waals surface area (Å²) in [6.07, 6.45) is 0.530. The molecule has 1 aromatic heterocycles. The van der Waals surface area contributed by atoms with E-state index in [-0.39, 0.29) is 16.3 Å². The number of rotatable bonds is 4. The lowest BCUT2D eigenvalue weighted by atomic mass is 10.2. The van der Waals surface area contributed by atoms with Gasteiger partial charge in [-0.15, -0.1) is 0 Å². The molecule has 2 rings (SSSR count). The van der Waals surface area contributed by atoms with Crippen molar-refractivity contribution in [2.45, 2.75) is 18.7 Å². The number of aromatic nitrogens is 2. The Kier molecular flexibility index (Phi) is 3.63. The second-order valence-electron chi connectivity index (χ2n) is 4.40. The first-order valence-electron chi connectivity index (χ1n) is 5.85. The third-order valence-electron chi connectivity index (χ3n) is 2.83. The third kappa shape index (κ3) is 2.57. The van der Waals surface area contributed by atoms with Crippen molar-refractivity contribution in [3.8, 4) is 5.88 Å². The molecule has 20 heavy (non-hydrogen) atoms. The Morgan fingerprint density at radius 1 is 1.20 bits per heavy atom. The zero-order valence-corrected chi connectivity index (χ0v) is 12.1. The maximum Gasteiger partial charge on any atom is 0.340 e. The van der Waals surface area contributed by atoms with Gasteiger partial charge in [-0.3, -0.25) is 4.79 Å². The number of benzene rings is 1. The van der Waals surface area contributed by atoms with Crippen LogP contribution in [0.25, 0.3) is 0 Å². The molecule has 0 unspecified atom stereocenters. The number of hydrogen-bond acceptors (Lipinski definition) is 5. The molecule has 0 amide bonds. The van der Waals surface area contributed by atoms with Gasteiger partial charge in [-0.1, -0.05) is 17.7 Å². The lowest BCUT2D eigenvalue weighted by molar-refractivity contribution is 0.112. The van der Waals surface area contributed by atoms with Crippen LogP contribution in [0.3, 0.4) is 0 Å². The zero-order valence-electron chi connectivity index (χ0n) is 11.3. The largest absolute Gasteiger partial charge is 0.358 e. The van der Waals surface area contributed by atoms with Crippen molar-refractivity contribution >= 4 is 16.4 Å². The quantitative estimate of drug-likeness (QED) is 0.632. The van der Waals surface area contributed by atoms with Crippen LogP contribution < -0.4 is 4.18 Å². The molecule has 0 saturated carbocycles. The molecule has 0 N–H and O–H groups in total. The number of carbonyl (C=O) groups excluding carboxylic acids is 1. The average Bonchev–Trinajstić information content (AvgIpc) is 2.63. The van der Waals surface area contributed by atoms with Gasteiger partial charge in [-0.25, -0.2) is 4.68 Å². The molecule has 0 aliphatic carbocycles. The smallest absolute Gasteiger partial charge is 0.340 e. The zero-order chi connectivity index (χ0) is 14.9. The predicted molar refractivity (Wildman–Crippen MR) is 72.3 cm³/mol. The Balaban J connectivity index is 2.43. The van der Waals surface area contributed by atoms with Crippen LogP contribution in [-0.4, -0.2) is 24.5 Å². The third-order valence-corrected chi connectivity index (χ3v) is 4.06. The van der Waals surface area contributed by atoms with Gasteiger partial charge in [0.15, 0.2) is 6.29 Å². The minimum atomic E-state index is -3.99. The molecule has 0 bridgehead atoms. The number of hydrogen-bond donors (Lipinski definition) is 0. The van der Waals surface area contributed by atoms with Crippen molar-refractivity contribution in [3.63, 3.8) is 0 Å². The maximum absolute atomic E-state index is 12.2. The highest BCUT2D eigenvalue weighted by molar-refractivity contribution is 7.87. The Hall–Kier alpha value is -2.15. The molecule has 0 fully saturated rings. The molecule has 106 valence electrons. The summed E-state index contributed by atoms with van der Waals surface area (Å²) >= 11 is 0. The summed E-state index contributed by atoms with van der Waals surface area (Å²) in [4.78, 5) is 11.0. The van der Waals surface area contributed by atoms with Crippen LogP contribution in [0.15, 0.2) is 29.2 Å². The first kappa shape index (κ1) is 14.3. The highest BCUT2D eigenvalue weighted by atomic mass is 32.2. The van der Waals surface area contributed by atoms with Crippen LogP contribution in [0, 0.1) is 13.8 Å². The fourth-order valence-electron chi connectivity index (χ4n) is 1.74. The summed E-state index contributed by atoms with van der Waals surface area (Å²) < 4.78 is 30.6. The van der Waals surface area contributed by atoms with E-state index in [1.54, 1.807) is 19.1 Å². The van der Waals surface area contributed by atoms with Gasteiger partial charge in [0, 0.05) is 7.05 Å². The van der Waals surface area contributed by atoms with Crippen LogP contribution in [-0.2, 0) is 17.2 Å². The van der Waals surface area contributed by atoms with Gasteiger partial charge >= 0.3 is 10.1 Å². The first-order valence-corrected chi connectivity index (χ1v) is 7.26. The van der Waals surface area contributed by atoms with Crippen molar-refractivity contribution in [2.24, 2.45) is 7.05 Å². The number of aryl methyl sites for hydroxylation is 3. The van der Waals surface area contributed by atoms with Crippen LogP contribution in [0.5, 0.6) is 5.88 Å². The molecule has 0 saturated heterocycles. The minimum Gasteiger partial charge on any atom is -0.358 e. The molecule has 1 aromatic carbocycles. The Labute approximate surface area is 117 Å². The first-order chi connectivity index (χ1) is 9.35. The van der Waals surface area contributed by atoms with Gasteiger partial charge in [0.05, 0.1) is 5.69 Å². The molecule has 0 spiro atoms. The lowest BCUT2D eigenvalue weighted by Crippen LogP contribution is -2.13. The van der Waals surface area contributed by atoms with Crippen LogP contribution in [0.4, 0.5) is 0 Å². The topological polar surface area (TPSA) is 78.3 Å². The average molecular weight is 294 g/mol. The molecule has 2 aromatic rings. The Morgan fingerprint density at radius 2 is 1.80 bits per heavy atom. The van der Waals surface area contributed by atoms with Crippen LogP contribution in [0.2, 0.25) is 0 Å². The molecular formula is C13H14N2O4S. The maximum atomic E-state index is 12.2. The van der Waals surface area contributed by atoms with Crippen LogP contribution in [0.1, 0.15) is 21.6 Å². The lowest BCUT2D eigenvalue weighted by Gasteiger charge is -2.07. The van der Waals surface area contributed by atoms with Crippen molar-refractivity contribution in [1.82, 2.24) is 9.78 Å². The van der Waals surface area contributed by atoms with E-state index in [1.807, 2.05) is 6.92 Å². The Bertz CT molecular complexity index is 745. The van der Waals surface area contributed by atoms with Gasteiger partial charge in [-0.2, -0.15) is 13.5 Å². The highest BCUT2D eigenvalue weighted by Crippen LogP contribution is 2.23. The highest BCUT2D eigenvalue weighted by Gasteiger charge is 2.23. The summed E-state index contributed by atoms with van der Waals surface area (Å²) in [7, 11) is -2.48.